The van der Waals surface area contributed by atoms with E-state index in [1.807, 2.05) is 122 Å². The molecule has 6 heteroatoms. The van der Waals surface area contributed by atoms with Crippen LogP contribution in [0.25, 0.3) is 0 Å². The Kier molecular flexibility index (Phi) is 9.96. The van der Waals surface area contributed by atoms with Crippen molar-refractivity contribution >= 4 is 0 Å². The molecule has 0 bridgehead atoms. The molecule has 4 aromatic carbocycles. The summed E-state index contributed by atoms with van der Waals surface area (Å²) in [4.78, 5) is 0. The summed E-state index contributed by atoms with van der Waals surface area (Å²) in [5, 5.41) is 11.5. The number of rotatable bonds is 12. The standard InChI is InChI=1S/C34H36O6/c1-25-17-19-29(20-18-25)39-34-31(35)33(38-23-28-15-9-4-10-16-28)32(37-22-27-13-7-3-8-14-27)30(40-34)24-36-21-26-11-5-2-6-12-26/h2-20,30-35H,21-24H2,1H3/t30-,31-,32-,33-,34-/m1/s1. The first-order chi connectivity index (χ1) is 19.7. The summed E-state index contributed by atoms with van der Waals surface area (Å²) in [7, 11) is 0. The Morgan fingerprint density at radius 2 is 1.12 bits per heavy atom. The lowest BCUT2D eigenvalue weighted by molar-refractivity contribution is -0.299. The van der Waals surface area contributed by atoms with Crippen molar-refractivity contribution in [1.29, 1.82) is 0 Å². The van der Waals surface area contributed by atoms with E-state index in [2.05, 4.69) is 0 Å². The van der Waals surface area contributed by atoms with Crippen molar-refractivity contribution in [2.45, 2.75) is 57.5 Å². The van der Waals surface area contributed by atoms with Crippen LogP contribution in [0.3, 0.4) is 0 Å². The fourth-order valence-electron chi connectivity index (χ4n) is 4.67. The van der Waals surface area contributed by atoms with Crippen LogP contribution >= 0.6 is 0 Å². The van der Waals surface area contributed by atoms with E-state index in [4.69, 9.17) is 23.7 Å². The Labute approximate surface area is 236 Å². The molecule has 0 aromatic heterocycles. The summed E-state index contributed by atoms with van der Waals surface area (Å²) in [6, 6.07) is 37.4. The van der Waals surface area contributed by atoms with Gasteiger partial charge in [0, 0.05) is 0 Å². The van der Waals surface area contributed by atoms with Crippen LogP contribution in [0.15, 0.2) is 115 Å². The number of ether oxygens (including phenoxy) is 5. The molecule has 1 N–H and O–H groups in total. The van der Waals surface area contributed by atoms with Crippen molar-refractivity contribution in [3.05, 3.63) is 138 Å². The molecule has 1 heterocycles. The zero-order valence-electron chi connectivity index (χ0n) is 22.7. The van der Waals surface area contributed by atoms with Crippen LogP contribution in [-0.2, 0) is 38.8 Å². The van der Waals surface area contributed by atoms with E-state index in [0.29, 0.717) is 25.6 Å². The second kappa shape index (κ2) is 14.2. The molecule has 5 rings (SSSR count). The fourth-order valence-corrected chi connectivity index (χ4v) is 4.67. The highest BCUT2D eigenvalue weighted by molar-refractivity contribution is 5.26. The van der Waals surface area contributed by atoms with Crippen molar-refractivity contribution in [3.63, 3.8) is 0 Å². The van der Waals surface area contributed by atoms with Gasteiger partial charge in [0.05, 0.1) is 26.4 Å². The summed E-state index contributed by atoms with van der Waals surface area (Å²) in [5.74, 6) is 0.601. The van der Waals surface area contributed by atoms with E-state index in [1.165, 1.54) is 0 Å². The Balaban J connectivity index is 1.37. The van der Waals surface area contributed by atoms with Gasteiger partial charge in [-0.05, 0) is 35.7 Å². The first kappa shape index (κ1) is 28.0. The Hall–Kier alpha value is -3.52. The molecule has 1 aliphatic rings. The van der Waals surface area contributed by atoms with Gasteiger partial charge in [0.2, 0.25) is 6.29 Å². The van der Waals surface area contributed by atoms with E-state index in [0.717, 1.165) is 22.3 Å². The Morgan fingerprint density at radius 1 is 0.625 bits per heavy atom. The smallest absolute Gasteiger partial charge is 0.229 e. The SMILES string of the molecule is Cc1ccc(O[C@@H]2O[C@H](COCc3ccccc3)[C@@H](OCc3ccccc3)[C@H](OCc3ccccc3)[C@H]2O)cc1. The van der Waals surface area contributed by atoms with Gasteiger partial charge in [-0.15, -0.1) is 0 Å². The summed E-state index contributed by atoms with van der Waals surface area (Å²) < 4.78 is 31.4. The minimum Gasteiger partial charge on any atom is -0.462 e. The first-order valence-corrected chi connectivity index (χ1v) is 13.7. The highest BCUT2D eigenvalue weighted by Gasteiger charge is 2.48. The van der Waals surface area contributed by atoms with Crippen LogP contribution < -0.4 is 4.74 Å². The predicted octanol–water partition coefficient (Wildman–Crippen LogP) is 5.85. The lowest BCUT2D eigenvalue weighted by Crippen LogP contribution is -2.61. The van der Waals surface area contributed by atoms with E-state index >= 15 is 0 Å². The van der Waals surface area contributed by atoms with Crippen LogP contribution in [0.5, 0.6) is 5.75 Å². The Bertz CT molecular complexity index is 1270. The zero-order valence-corrected chi connectivity index (χ0v) is 22.7. The van der Waals surface area contributed by atoms with Gasteiger partial charge in [0.25, 0.3) is 0 Å². The van der Waals surface area contributed by atoms with E-state index in [9.17, 15) is 5.11 Å². The minimum atomic E-state index is -1.10. The third kappa shape index (κ3) is 7.78. The predicted molar refractivity (Wildman–Crippen MR) is 153 cm³/mol. The maximum atomic E-state index is 11.5. The number of hydrogen-bond acceptors (Lipinski definition) is 6. The van der Waals surface area contributed by atoms with Crippen molar-refractivity contribution < 1.29 is 28.8 Å². The minimum absolute atomic E-state index is 0.236. The average Bonchev–Trinajstić information content (AvgIpc) is 3.00. The molecular formula is C34H36O6. The molecule has 5 atom stereocenters. The molecule has 6 nitrogen and oxygen atoms in total. The molecule has 40 heavy (non-hydrogen) atoms. The van der Waals surface area contributed by atoms with Crippen LogP contribution in [0.1, 0.15) is 22.3 Å². The molecule has 1 saturated heterocycles. The van der Waals surface area contributed by atoms with Gasteiger partial charge in [-0.3, -0.25) is 0 Å². The van der Waals surface area contributed by atoms with Gasteiger partial charge < -0.3 is 28.8 Å². The summed E-state index contributed by atoms with van der Waals surface area (Å²) in [5.41, 5.74) is 4.18. The molecule has 0 saturated carbocycles. The topological polar surface area (TPSA) is 66.4 Å². The lowest BCUT2D eigenvalue weighted by atomic mass is 9.98. The van der Waals surface area contributed by atoms with Crippen LogP contribution in [-0.4, -0.2) is 42.4 Å². The van der Waals surface area contributed by atoms with Crippen molar-refractivity contribution in [2.24, 2.45) is 0 Å². The second-order valence-corrected chi connectivity index (χ2v) is 9.99. The highest BCUT2D eigenvalue weighted by atomic mass is 16.7. The lowest BCUT2D eigenvalue weighted by Gasteiger charge is -2.44. The molecular weight excluding hydrogens is 504 g/mol. The van der Waals surface area contributed by atoms with E-state index < -0.39 is 30.7 Å². The van der Waals surface area contributed by atoms with Gasteiger partial charge in [-0.25, -0.2) is 0 Å². The van der Waals surface area contributed by atoms with Gasteiger partial charge in [0.15, 0.2) is 0 Å². The maximum Gasteiger partial charge on any atom is 0.229 e. The number of hydrogen-bond donors (Lipinski definition) is 1. The molecule has 1 fully saturated rings. The fraction of sp³-hybridized carbons (Fsp3) is 0.294. The number of benzene rings is 4. The second-order valence-electron chi connectivity index (χ2n) is 9.99. The average molecular weight is 541 g/mol. The Morgan fingerprint density at radius 3 is 1.68 bits per heavy atom. The van der Waals surface area contributed by atoms with E-state index in [1.54, 1.807) is 0 Å². The van der Waals surface area contributed by atoms with Crippen LogP contribution in [0.2, 0.25) is 0 Å². The first-order valence-electron chi connectivity index (χ1n) is 13.7. The van der Waals surface area contributed by atoms with E-state index in [-0.39, 0.29) is 6.61 Å². The maximum absolute atomic E-state index is 11.5. The van der Waals surface area contributed by atoms with Gasteiger partial charge >= 0.3 is 0 Å². The van der Waals surface area contributed by atoms with Crippen molar-refractivity contribution in [1.82, 2.24) is 0 Å². The highest BCUT2D eigenvalue weighted by Crippen LogP contribution is 2.30. The molecule has 208 valence electrons. The van der Waals surface area contributed by atoms with Gasteiger partial charge in [-0.1, -0.05) is 109 Å². The molecule has 0 spiro atoms. The number of aliphatic hydroxyl groups excluding tert-OH is 1. The largest absolute Gasteiger partial charge is 0.462 e. The quantitative estimate of drug-likeness (QED) is 0.243. The molecule has 0 amide bonds. The van der Waals surface area contributed by atoms with Crippen LogP contribution in [0, 0.1) is 6.92 Å². The van der Waals surface area contributed by atoms with Gasteiger partial charge in [-0.2, -0.15) is 0 Å². The molecule has 1 aliphatic heterocycles. The third-order valence-electron chi connectivity index (χ3n) is 6.85. The van der Waals surface area contributed by atoms with Crippen molar-refractivity contribution in [2.75, 3.05) is 6.61 Å². The third-order valence-corrected chi connectivity index (χ3v) is 6.85. The normalized spacial score (nSPS) is 22.6. The summed E-state index contributed by atoms with van der Waals surface area (Å²) in [6.07, 6.45) is -3.94. The zero-order chi connectivity index (χ0) is 27.6. The number of aryl methyl sites for hydroxylation is 1. The molecule has 0 unspecified atom stereocenters. The summed E-state index contributed by atoms with van der Waals surface area (Å²) >= 11 is 0. The summed E-state index contributed by atoms with van der Waals surface area (Å²) in [6.45, 7) is 3.32. The van der Waals surface area contributed by atoms with Crippen LogP contribution in [0.4, 0.5) is 0 Å². The van der Waals surface area contributed by atoms with Gasteiger partial charge in [0.1, 0.15) is 30.2 Å². The molecule has 0 radical (unpaired) electrons. The monoisotopic (exact) mass is 540 g/mol. The number of aliphatic hydroxyl groups is 1. The van der Waals surface area contributed by atoms with Crippen molar-refractivity contribution in [3.8, 4) is 5.75 Å². The molecule has 0 aliphatic carbocycles. The molecule has 4 aromatic rings.